The van der Waals surface area contributed by atoms with Crippen LogP contribution in [0.5, 0.6) is 0 Å². The number of hydrogen-bond acceptors (Lipinski definition) is 3. The van der Waals surface area contributed by atoms with E-state index in [1.54, 1.807) is 6.33 Å². The highest BCUT2D eigenvalue weighted by molar-refractivity contribution is 5.87. The molecule has 0 aliphatic carbocycles. The molecule has 0 amide bonds. The predicted molar refractivity (Wildman–Crippen MR) is 152 cm³/mol. The highest BCUT2D eigenvalue weighted by atomic mass is 15.3. The van der Waals surface area contributed by atoms with Crippen LogP contribution in [0.2, 0.25) is 0 Å². The Morgan fingerprint density at radius 3 is 1.82 bits per heavy atom. The van der Waals surface area contributed by atoms with Crippen molar-refractivity contribution in [2.75, 3.05) is 0 Å². The minimum atomic E-state index is 0.772. The Morgan fingerprint density at radius 2 is 1.16 bits per heavy atom. The van der Waals surface area contributed by atoms with Gasteiger partial charge in [0, 0.05) is 22.4 Å². The van der Waals surface area contributed by atoms with Crippen LogP contribution in [0.25, 0.3) is 56.0 Å². The van der Waals surface area contributed by atoms with Gasteiger partial charge in [-0.2, -0.15) is 5.10 Å². The third-order valence-electron chi connectivity index (χ3n) is 6.80. The minimum Gasteiger partial charge on any atom is -0.299 e. The molecule has 0 saturated carbocycles. The van der Waals surface area contributed by atoms with Crippen LogP contribution in [-0.4, -0.2) is 24.3 Å². The summed E-state index contributed by atoms with van der Waals surface area (Å²) < 4.78 is 4.07. The van der Waals surface area contributed by atoms with Crippen molar-refractivity contribution >= 4 is 11.0 Å². The number of nitrogens with zero attached hydrogens (tertiary/aromatic N) is 5. The van der Waals surface area contributed by atoms with E-state index in [-0.39, 0.29) is 0 Å². The Bertz CT molecular complexity index is 1790. The molecule has 2 heterocycles. The third-order valence-corrected chi connectivity index (χ3v) is 6.80. The van der Waals surface area contributed by atoms with Crippen LogP contribution in [0.3, 0.4) is 0 Å². The molecular weight excluding hydrogens is 466 g/mol. The van der Waals surface area contributed by atoms with Gasteiger partial charge in [-0.25, -0.2) is 14.6 Å². The van der Waals surface area contributed by atoms with Gasteiger partial charge in [-0.05, 0) is 41.5 Å². The Hall–Kier alpha value is -5.29. The Kier molecular flexibility index (Phi) is 5.37. The maximum atomic E-state index is 4.77. The lowest BCUT2D eigenvalue weighted by atomic mass is 9.95. The van der Waals surface area contributed by atoms with E-state index in [0.717, 1.165) is 56.0 Å². The van der Waals surface area contributed by atoms with Crippen molar-refractivity contribution in [2.45, 2.75) is 0 Å². The molecule has 0 fully saturated rings. The van der Waals surface area contributed by atoms with Crippen LogP contribution in [0, 0.1) is 0 Å². The van der Waals surface area contributed by atoms with Gasteiger partial charge in [-0.3, -0.25) is 4.57 Å². The molecule has 0 bridgehead atoms. The summed E-state index contributed by atoms with van der Waals surface area (Å²) in [5, 5.41) is 4.77. The van der Waals surface area contributed by atoms with Crippen molar-refractivity contribution in [3.8, 4) is 45.0 Å². The zero-order valence-electron chi connectivity index (χ0n) is 20.5. The summed E-state index contributed by atoms with van der Waals surface area (Å²) in [5.74, 6) is 0.772. The first-order valence-electron chi connectivity index (χ1n) is 12.5. The molecule has 180 valence electrons. The van der Waals surface area contributed by atoms with E-state index in [0.29, 0.717) is 0 Å². The molecule has 0 aliphatic rings. The number of benzene rings is 5. The summed E-state index contributed by atoms with van der Waals surface area (Å²) in [7, 11) is 0. The number of rotatable bonds is 5. The monoisotopic (exact) mass is 489 g/mol. The fourth-order valence-corrected chi connectivity index (χ4v) is 5.02. The third kappa shape index (κ3) is 3.78. The second-order valence-electron chi connectivity index (χ2n) is 9.08. The van der Waals surface area contributed by atoms with Gasteiger partial charge in [0.25, 0.3) is 0 Å². The van der Waals surface area contributed by atoms with Crippen LogP contribution in [0.15, 0.2) is 140 Å². The summed E-state index contributed by atoms with van der Waals surface area (Å²) in [6, 6.07) is 43.8. The first kappa shape index (κ1) is 21.9. The predicted octanol–water partition coefficient (Wildman–Crippen LogP) is 7.61. The van der Waals surface area contributed by atoms with Gasteiger partial charge in [0.2, 0.25) is 0 Å². The molecule has 38 heavy (non-hydrogen) atoms. The fourth-order valence-electron chi connectivity index (χ4n) is 5.02. The first-order valence-corrected chi connectivity index (χ1v) is 12.5. The molecule has 5 heteroatoms. The molecular formula is C33H23N5. The summed E-state index contributed by atoms with van der Waals surface area (Å²) in [6.45, 7) is 0. The second kappa shape index (κ2) is 9.30. The molecule has 2 aromatic heterocycles. The van der Waals surface area contributed by atoms with Crippen molar-refractivity contribution in [1.29, 1.82) is 0 Å². The van der Waals surface area contributed by atoms with E-state index in [1.165, 1.54) is 0 Å². The van der Waals surface area contributed by atoms with Gasteiger partial charge in [0.05, 0.1) is 16.7 Å². The van der Waals surface area contributed by atoms with Crippen molar-refractivity contribution < 1.29 is 0 Å². The lowest BCUT2D eigenvalue weighted by Gasteiger charge is -2.17. The van der Waals surface area contributed by atoms with Crippen LogP contribution in [-0.2, 0) is 0 Å². The van der Waals surface area contributed by atoms with Crippen LogP contribution in [0.4, 0.5) is 0 Å². The minimum absolute atomic E-state index is 0.772. The van der Waals surface area contributed by atoms with Crippen molar-refractivity contribution in [2.24, 2.45) is 0 Å². The lowest BCUT2D eigenvalue weighted by molar-refractivity contribution is 0.890. The summed E-state index contributed by atoms with van der Waals surface area (Å²) >= 11 is 0. The second-order valence-corrected chi connectivity index (χ2v) is 9.08. The van der Waals surface area contributed by atoms with E-state index >= 15 is 0 Å². The Morgan fingerprint density at radius 1 is 0.526 bits per heavy atom. The van der Waals surface area contributed by atoms with E-state index in [9.17, 15) is 0 Å². The molecule has 7 rings (SSSR count). The molecule has 0 spiro atoms. The summed E-state index contributed by atoms with van der Waals surface area (Å²) in [4.78, 5) is 9.37. The summed E-state index contributed by atoms with van der Waals surface area (Å²) in [6.07, 6.45) is 3.50. The Balaban J connectivity index is 1.45. The van der Waals surface area contributed by atoms with Crippen molar-refractivity contribution in [1.82, 2.24) is 24.3 Å². The van der Waals surface area contributed by atoms with Crippen LogP contribution < -0.4 is 0 Å². The lowest BCUT2D eigenvalue weighted by Crippen LogP contribution is -2.04. The number of imidazole rings is 1. The van der Waals surface area contributed by atoms with Gasteiger partial charge in [-0.15, -0.1) is 0 Å². The molecule has 7 aromatic rings. The quantitative estimate of drug-likeness (QED) is 0.250. The van der Waals surface area contributed by atoms with Crippen LogP contribution in [0.1, 0.15) is 0 Å². The molecule has 5 aromatic carbocycles. The maximum absolute atomic E-state index is 4.77. The number of fused-ring (bicyclic) bond motifs is 1. The maximum Gasteiger partial charge on any atom is 0.163 e. The van der Waals surface area contributed by atoms with Gasteiger partial charge in [-0.1, -0.05) is 97.1 Å². The number of para-hydroxylation sites is 2. The average molecular weight is 490 g/mol. The van der Waals surface area contributed by atoms with Crippen LogP contribution >= 0.6 is 0 Å². The van der Waals surface area contributed by atoms with Gasteiger partial charge in [0.15, 0.2) is 5.82 Å². The molecule has 0 saturated heterocycles. The largest absolute Gasteiger partial charge is 0.299 e. The molecule has 0 radical (unpaired) electrons. The number of hydrogen-bond donors (Lipinski definition) is 0. The Labute approximate surface area is 220 Å². The van der Waals surface area contributed by atoms with E-state index in [2.05, 4.69) is 101 Å². The molecule has 5 nitrogen and oxygen atoms in total. The van der Waals surface area contributed by atoms with Gasteiger partial charge >= 0.3 is 0 Å². The zero-order chi connectivity index (χ0) is 25.3. The highest BCUT2D eigenvalue weighted by Gasteiger charge is 2.19. The standard InChI is InChI=1S/C33H23N5/c1-4-11-24(12-5-1)28-17-10-18-29(25-13-6-2-7-14-25)32(28)38-33(34-22-36-38)26-19-20-30-31(21-26)37(23-35-30)27-15-8-3-9-16-27/h1-23H. The number of aromatic nitrogens is 5. The van der Waals surface area contributed by atoms with Crippen molar-refractivity contribution in [3.63, 3.8) is 0 Å². The topological polar surface area (TPSA) is 48.5 Å². The molecule has 0 atom stereocenters. The van der Waals surface area contributed by atoms with Gasteiger partial charge in [0.1, 0.15) is 12.7 Å². The molecule has 0 aliphatic heterocycles. The average Bonchev–Trinajstić information content (AvgIpc) is 3.65. The van der Waals surface area contributed by atoms with E-state index < -0.39 is 0 Å². The molecule has 0 N–H and O–H groups in total. The van der Waals surface area contributed by atoms with E-state index in [4.69, 9.17) is 10.1 Å². The van der Waals surface area contributed by atoms with Gasteiger partial charge < -0.3 is 0 Å². The van der Waals surface area contributed by atoms with E-state index in [1.807, 2.05) is 47.4 Å². The first-order chi connectivity index (χ1) is 18.9. The highest BCUT2D eigenvalue weighted by Crippen LogP contribution is 2.37. The van der Waals surface area contributed by atoms with Crippen molar-refractivity contribution in [3.05, 3.63) is 140 Å². The fraction of sp³-hybridized carbons (Fsp3) is 0. The molecule has 0 unspecified atom stereocenters. The normalized spacial score (nSPS) is 11.2. The zero-order valence-corrected chi connectivity index (χ0v) is 20.5. The summed E-state index contributed by atoms with van der Waals surface area (Å²) in [5.41, 5.74) is 9.40. The smallest absolute Gasteiger partial charge is 0.163 e. The SMILES string of the molecule is c1ccc(-c2cccc(-c3ccccc3)c2-n2ncnc2-c2ccc3ncn(-c4ccccc4)c3c2)cc1.